The number of benzene rings is 2. The zero-order chi connectivity index (χ0) is 24.8. The summed E-state index contributed by atoms with van der Waals surface area (Å²) in [5, 5.41) is 1.60. The first-order chi connectivity index (χ1) is 16.6. The quantitative estimate of drug-likeness (QED) is 0.329. The Hall–Kier alpha value is -3.67. The third-order valence-corrected chi connectivity index (χ3v) is 8.51. The van der Waals surface area contributed by atoms with E-state index in [0.717, 1.165) is 10.4 Å². The van der Waals surface area contributed by atoms with Crippen LogP contribution in [0.15, 0.2) is 98.3 Å². The highest BCUT2D eigenvalue weighted by Crippen LogP contribution is 2.31. The van der Waals surface area contributed by atoms with Crippen molar-refractivity contribution >= 4 is 57.2 Å². The monoisotopic (exact) mass is 529 g/mol. The van der Waals surface area contributed by atoms with Crippen molar-refractivity contribution in [3.05, 3.63) is 95.4 Å². The lowest BCUT2D eigenvalue weighted by Crippen LogP contribution is -2.30. The molecule has 12 heteroatoms. The number of nitrogens with one attached hydrogen (secondary N) is 1. The molecule has 0 unspecified atom stereocenters. The Balaban J connectivity index is 1.69. The molecule has 0 radical (unpaired) electrons. The van der Waals surface area contributed by atoms with E-state index >= 15 is 0 Å². The number of H-pyrrole nitrogens is 1. The van der Waals surface area contributed by atoms with Crippen LogP contribution in [-0.2, 0) is 25.6 Å². The van der Waals surface area contributed by atoms with E-state index in [1.54, 1.807) is 42.7 Å². The fraction of sp³-hybridized carbons (Fsp3) is 0.0435. The Morgan fingerprint density at radius 3 is 2.51 bits per heavy atom. The van der Waals surface area contributed by atoms with Crippen LogP contribution in [0.3, 0.4) is 0 Å². The summed E-state index contributed by atoms with van der Waals surface area (Å²) in [4.78, 5) is 18.3. The Morgan fingerprint density at radius 1 is 0.943 bits per heavy atom. The van der Waals surface area contributed by atoms with E-state index in [9.17, 15) is 21.6 Å². The molecule has 0 atom stereocenters. The van der Waals surface area contributed by atoms with Gasteiger partial charge in [0.15, 0.2) is 0 Å². The molecule has 0 bridgehead atoms. The van der Waals surface area contributed by atoms with Crippen LogP contribution in [0.4, 0.5) is 5.69 Å². The molecule has 3 heterocycles. The van der Waals surface area contributed by atoms with Crippen LogP contribution in [0.25, 0.3) is 21.7 Å². The number of halogens is 1. The van der Waals surface area contributed by atoms with Crippen molar-refractivity contribution in [2.24, 2.45) is 0 Å². The van der Waals surface area contributed by atoms with Gasteiger partial charge >= 0.3 is 0 Å². The molecule has 0 saturated carbocycles. The van der Waals surface area contributed by atoms with Crippen LogP contribution in [0, 0.1) is 0 Å². The van der Waals surface area contributed by atoms with Crippen LogP contribution in [0.5, 0.6) is 0 Å². The van der Waals surface area contributed by atoms with Crippen LogP contribution in [0.2, 0.25) is 0 Å². The zero-order valence-corrected chi connectivity index (χ0v) is 20.1. The molecule has 35 heavy (non-hydrogen) atoms. The number of aromatic nitrogens is 2. The van der Waals surface area contributed by atoms with E-state index in [4.69, 9.17) is 15.1 Å². The van der Waals surface area contributed by atoms with Gasteiger partial charge in [-0.1, -0.05) is 12.1 Å². The smallest absolute Gasteiger partial charge is 0.264 e. The van der Waals surface area contributed by atoms with Gasteiger partial charge in [0.25, 0.3) is 24.6 Å². The highest BCUT2D eigenvalue weighted by Gasteiger charge is 2.28. The number of hydrogen-bond acceptors (Lipinski definition) is 7. The molecule has 3 aromatic heterocycles. The SMILES string of the molecule is O=c1[nH]ccc2ccc(N(Cc3cc4cnccc4o3)S(=O)(=O)c3cccc(S(=O)(=O)Cl)c3)cc12. The van der Waals surface area contributed by atoms with Crippen molar-refractivity contribution in [1.82, 2.24) is 9.97 Å². The predicted molar refractivity (Wildman–Crippen MR) is 131 cm³/mol. The van der Waals surface area contributed by atoms with E-state index in [1.807, 2.05) is 0 Å². The number of hydrogen-bond donors (Lipinski definition) is 1. The molecule has 9 nitrogen and oxygen atoms in total. The summed E-state index contributed by atoms with van der Waals surface area (Å²) in [6.07, 6.45) is 4.64. The van der Waals surface area contributed by atoms with Gasteiger partial charge in [-0.05, 0) is 53.9 Å². The second kappa shape index (κ2) is 8.52. The van der Waals surface area contributed by atoms with Crippen LogP contribution in [0.1, 0.15) is 5.76 Å². The molecule has 0 fully saturated rings. The lowest BCUT2D eigenvalue weighted by Gasteiger charge is -2.24. The largest absolute Gasteiger partial charge is 0.459 e. The molecule has 0 aliphatic heterocycles. The summed E-state index contributed by atoms with van der Waals surface area (Å²) < 4.78 is 58.1. The first kappa shape index (κ1) is 23.1. The summed E-state index contributed by atoms with van der Waals surface area (Å²) in [5.74, 6) is 0.319. The Labute approximate surface area is 204 Å². The van der Waals surface area contributed by atoms with E-state index in [1.165, 1.54) is 30.5 Å². The molecule has 0 amide bonds. The molecule has 2 aromatic carbocycles. The number of rotatable bonds is 6. The summed E-state index contributed by atoms with van der Waals surface area (Å²) in [6.45, 7) is -0.231. The van der Waals surface area contributed by atoms with Crippen LogP contribution >= 0.6 is 10.7 Å². The Kier molecular flexibility index (Phi) is 5.62. The number of sulfonamides is 1. The molecule has 0 saturated heterocycles. The van der Waals surface area contributed by atoms with E-state index < -0.39 is 19.1 Å². The van der Waals surface area contributed by atoms with E-state index in [2.05, 4.69) is 9.97 Å². The molecule has 1 N–H and O–H groups in total. The number of anilines is 1. The number of nitrogens with zero attached hydrogens (tertiary/aromatic N) is 2. The molecule has 5 rings (SSSR count). The average molecular weight is 530 g/mol. The van der Waals surface area contributed by atoms with Crippen molar-refractivity contribution in [2.45, 2.75) is 16.3 Å². The summed E-state index contributed by atoms with van der Waals surface area (Å²) >= 11 is 0. The van der Waals surface area contributed by atoms with Gasteiger partial charge in [-0.3, -0.25) is 14.1 Å². The maximum Gasteiger partial charge on any atom is 0.264 e. The fourth-order valence-corrected chi connectivity index (χ4v) is 6.05. The standard InChI is InChI=1S/C23H16ClN3O6S2/c24-34(29,30)19-2-1-3-20(12-19)35(31,32)27(14-18-10-16-13-25-8-7-22(16)33-18)17-5-4-15-6-9-26-23(28)21(15)11-17/h1-13H,14H2,(H,26,28). The van der Waals surface area contributed by atoms with Gasteiger partial charge in [0.2, 0.25) is 0 Å². The van der Waals surface area contributed by atoms with Crippen LogP contribution < -0.4 is 9.86 Å². The van der Waals surface area contributed by atoms with Gasteiger partial charge in [0.1, 0.15) is 11.3 Å². The molecule has 5 aromatic rings. The summed E-state index contributed by atoms with van der Waals surface area (Å²) in [6, 6.07) is 14.4. The minimum absolute atomic E-state index is 0.187. The lowest BCUT2D eigenvalue weighted by atomic mass is 10.1. The summed E-state index contributed by atoms with van der Waals surface area (Å²) in [7, 11) is -3.06. The third kappa shape index (κ3) is 4.41. The topological polar surface area (TPSA) is 130 Å². The molecule has 0 aliphatic carbocycles. The zero-order valence-electron chi connectivity index (χ0n) is 17.8. The predicted octanol–water partition coefficient (Wildman–Crippen LogP) is 3.99. The fourth-order valence-electron chi connectivity index (χ4n) is 3.71. The normalized spacial score (nSPS) is 12.3. The highest BCUT2D eigenvalue weighted by molar-refractivity contribution is 8.13. The minimum Gasteiger partial charge on any atom is -0.459 e. The van der Waals surface area contributed by atoms with E-state index in [-0.39, 0.29) is 33.0 Å². The van der Waals surface area contributed by atoms with Gasteiger partial charge in [0, 0.05) is 40.0 Å². The molecular weight excluding hydrogens is 514 g/mol. The van der Waals surface area contributed by atoms with Crippen molar-refractivity contribution < 1.29 is 21.3 Å². The minimum atomic E-state index is -4.33. The Morgan fingerprint density at radius 2 is 1.74 bits per heavy atom. The number of aromatic amines is 1. The number of pyridine rings is 2. The summed E-state index contributed by atoms with van der Waals surface area (Å²) in [5.41, 5.74) is 0.330. The number of fused-ring (bicyclic) bond motifs is 2. The van der Waals surface area contributed by atoms with E-state index in [0.29, 0.717) is 22.1 Å². The Bertz CT molecular complexity index is 1830. The molecular formula is C23H16ClN3O6S2. The van der Waals surface area contributed by atoms with Gasteiger partial charge in [0.05, 0.1) is 22.0 Å². The lowest BCUT2D eigenvalue weighted by molar-refractivity contribution is 0.543. The molecule has 0 aliphatic rings. The molecule has 0 spiro atoms. The van der Waals surface area contributed by atoms with Crippen molar-refractivity contribution in [3.63, 3.8) is 0 Å². The van der Waals surface area contributed by atoms with Gasteiger partial charge in [-0.2, -0.15) is 0 Å². The van der Waals surface area contributed by atoms with Crippen LogP contribution in [-0.4, -0.2) is 26.8 Å². The number of furan rings is 1. The van der Waals surface area contributed by atoms with Gasteiger partial charge in [-0.25, -0.2) is 16.8 Å². The second-order valence-corrected chi connectivity index (χ2v) is 12.1. The first-order valence-corrected chi connectivity index (χ1v) is 13.9. The second-order valence-electron chi connectivity index (χ2n) is 7.63. The molecule has 178 valence electrons. The van der Waals surface area contributed by atoms with Crippen molar-refractivity contribution in [1.29, 1.82) is 0 Å². The van der Waals surface area contributed by atoms with Crippen molar-refractivity contribution in [3.8, 4) is 0 Å². The maximum absolute atomic E-state index is 13.8. The van der Waals surface area contributed by atoms with Gasteiger partial charge in [-0.15, -0.1) is 0 Å². The van der Waals surface area contributed by atoms with Crippen molar-refractivity contribution in [2.75, 3.05) is 4.31 Å². The maximum atomic E-state index is 13.8. The first-order valence-electron chi connectivity index (χ1n) is 10.1. The highest BCUT2D eigenvalue weighted by atomic mass is 35.7. The van der Waals surface area contributed by atoms with Gasteiger partial charge < -0.3 is 9.40 Å². The average Bonchev–Trinajstić information content (AvgIpc) is 3.25. The third-order valence-electron chi connectivity index (χ3n) is 5.39.